The summed E-state index contributed by atoms with van der Waals surface area (Å²) >= 11 is 0. The van der Waals surface area contributed by atoms with Gasteiger partial charge in [0, 0.05) is 0 Å². The van der Waals surface area contributed by atoms with Gasteiger partial charge in [-0.25, -0.2) is 9.18 Å². The van der Waals surface area contributed by atoms with E-state index in [9.17, 15) is 9.18 Å². The number of ether oxygens (including phenoxy) is 1. The minimum Gasteiger partial charge on any atom is -0.489 e. The van der Waals surface area contributed by atoms with E-state index in [1.165, 1.54) is 18.2 Å². The predicted molar refractivity (Wildman–Crippen MR) is 65.0 cm³/mol. The third-order valence-corrected chi connectivity index (χ3v) is 2.33. The second kappa shape index (κ2) is 5.75. The lowest BCUT2D eigenvalue weighted by Gasteiger charge is -2.06. The van der Waals surface area contributed by atoms with Crippen molar-refractivity contribution >= 4 is 11.8 Å². The van der Waals surface area contributed by atoms with Crippen LogP contribution in [0.5, 0.6) is 5.75 Å². The predicted octanol–water partition coefficient (Wildman–Crippen LogP) is 3.37. The lowest BCUT2D eigenvalue weighted by Crippen LogP contribution is -1.94. The van der Waals surface area contributed by atoms with Crippen LogP contribution < -0.4 is 4.74 Å². The highest BCUT2D eigenvalue weighted by atomic mass is 19.1. The fraction of sp³-hybridized carbons (Fsp3) is 0.0714. The smallest absolute Gasteiger partial charge is 0.240 e. The van der Waals surface area contributed by atoms with Gasteiger partial charge in [0.15, 0.2) is 0 Å². The van der Waals surface area contributed by atoms with E-state index < -0.39 is 0 Å². The van der Waals surface area contributed by atoms with Gasteiger partial charge < -0.3 is 4.74 Å². The monoisotopic (exact) mass is 243 g/mol. The van der Waals surface area contributed by atoms with Crippen LogP contribution in [0.4, 0.5) is 10.1 Å². The molecule has 0 aliphatic rings. The Bertz CT molecular complexity index is 557. The van der Waals surface area contributed by atoms with Crippen LogP contribution in [0.1, 0.15) is 5.56 Å². The van der Waals surface area contributed by atoms with E-state index in [4.69, 9.17) is 4.74 Å². The molecule has 2 rings (SSSR count). The van der Waals surface area contributed by atoms with Gasteiger partial charge in [0.2, 0.25) is 6.08 Å². The largest absolute Gasteiger partial charge is 0.489 e. The van der Waals surface area contributed by atoms with Crippen LogP contribution in [-0.2, 0) is 11.4 Å². The SMILES string of the molecule is O=C=Nc1ccc(OCc2ccc(F)cc2)cc1. The molecule has 3 nitrogen and oxygen atoms in total. The molecule has 0 unspecified atom stereocenters. The summed E-state index contributed by atoms with van der Waals surface area (Å²) in [6.07, 6.45) is 1.47. The van der Waals surface area contributed by atoms with E-state index in [-0.39, 0.29) is 5.82 Å². The molecule has 0 N–H and O–H groups in total. The molecule has 0 atom stereocenters. The molecule has 0 amide bonds. The number of benzene rings is 2. The van der Waals surface area contributed by atoms with Gasteiger partial charge in [0.25, 0.3) is 0 Å². The highest BCUT2D eigenvalue weighted by molar-refractivity contribution is 5.50. The van der Waals surface area contributed by atoms with Crippen LogP contribution in [0.25, 0.3) is 0 Å². The molecule has 0 spiro atoms. The average molecular weight is 243 g/mol. The first-order valence-corrected chi connectivity index (χ1v) is 5.33. The van der Waals surface area contributed by atoms with E-state index in [1.54, 1.807) is 36.4 Å². The Balaban J connectivity index is 1.97. The van der Waals surface area contributed by atoms with E-state index in [0.29, 0.717) is 18.0 Å². The Morgan fingerprint density at radius 2 is 1.72 bits per heavy atom. The first-order valence-electron chi connectivity index (χ1n) is 5.33. The van der Waals surface area contributed by atoms with Crippen LogP contribution in [-0.4, -0.2) is 6.08 Å². The number of aliphatic imine (C=N–C) groups is 1. The molecule has 0 saturated heterocycles. The summed E-state index contributed by atoms with van der Waals surface area (Å²) in [6, 6.07) is 12.8. The standard InChI is InChI=1S/C14H10FNO2/c15-12-3-1-11(2-4-12)9-18-14-7-5-13(6-8-14)16-10-17/h1-8H,9H2. The van der Waals surface area contributed by atoms with Crippen LogP contribution in [0.3, 0.4) is 0 Å². The van der Waals surface area contributed by atoms with Crippen LogP contribution in [0.15, 0.2) is 53.5 Å². The molecule has 0 bridgehead atoms. The van der Waals surface area contributed by atoms with Gasteiger partial charge in [-0.15, -0.1) is 0 Å². The van der Waals surface area contributed by atoms with E-state index in [2.05, 4.69) is 4.99 Å². The fourth-order valence-corrected chi connectivity index (χ4v) is 1.42. The van der Waals surface area contributed by atoms with Crippen molar-refractivity contribution in [1.29, 1.82) is 0 Å². The number of nitrogens with zero attached hydrogens (tertiary/aromatic N) is 1. The maximum Gasteiger partial charge on any atom is 0.240 e. The fourth-order valence-electron chi connectivity index (χ4n) is 1.42. The molecular weight excluding hydrogens is 233 g/mol. The molecule has 2 aromatic rings. The molecule has 4 heteroatoms. The third-order valence-electron chi connectivity index (χ3n) is 2.33. The summed E-state index contributed by atoms with van der Waals surface area (Å²) in [4.78, 5) is 13.5. The summed E-state index contributed by atoms with van der Waals surface area (Å²) < 4.78 is 18.2. The van der Waals surface area contributed by atoms with Crippen LogP contribution >= 0.6 is 0 Å². The average Bonchev–Trinajstić information content (AvgIpc) is 2.40. The highest BCUT2D eigenvalue weighted by Gasteiger charge is 1.97. The summed E-state index contributed by atoms with van der Waals surface area (Å²) in [6.45, 7) is 0.358. The number of carbonyl (C=O) groups excluding carboxylic acids is 1. The van der Waals surface area contributed by atoms with Gasteiger partial charge >= 0.3 is 0 Å². The second-order valence-electron chi connectivity index (χ2n) is 3.61. The van der Waals surface area contributed by atoms with Crippen molar-refractivity contribution in [2.75, 3.05) is 0 Å². The maximum atomic E-state index is 12.7. The van der Waals surface area contributed by atoms with Crippen molar-refractivity contribution in [1.82, 2.24) is 0 Å². The lowest BCUT2D eigenvalue weighted by molar-refractivity contribution is 0.306. The van der Waals surface area contributed by atoms with E-state index in [1.807, 2.05) is 0 Å². The lowest BCUT2D eigenvalue weighted by atomic mass is 10.2. The molecule has 0 aromatic heterocycles. The van der Waals surface area contributed by atoms with Gasteiger partial charge in [0.1, 0.15) is 18.2 Å². The normalized spacial score (nSPS) is 9.61. The zero-order valence-corrected chi connectivity index (χ0v) is 9.47. The Morgan fingerprint density at radius 1 is 1.06 bits per heavy atom. The van der Waals surface area contributed by atoms with Gasteiger partial charge in [-0.2, -0.15) is 4.99 Å². The molecule has 0 radical (unpaired) electrons. The van der Waals surface area contributed by atoms with Crippen LogP contribution in [0, 0.1) is 5.82 Å². The van der Waals surface area contributed by atoms with Crippen molar-refractivity contribution in [3.63, 3.8) is 0 Å². The molecule has 18 heavy (non-hydrogen) atoms. The molecule has 2 aromatic carbocycles. The summed E-state index contributed by atoms with van der Waals surface area (Å²) in [5.41, 5.74) is 1.41. The van der Waals surface area contributed by atoms with Crippen molar-refractivity contribution in [3.05, 3.63) is 59.9 Å². The zero-order chi connectivity index (χ0) is 12.8. The molecule has 0 fully saturated rings. The number of hydrogen-bond donors (Lipinski definition) is 0. The molecule has 0 heterocycles. The van der Waals surface area contributed by atoms with E-state index >= 15 is 0 Å². The van der Waals surface area contributed by atoms with Crippen LogP contribution in [0.2, 0.25) is 0 Å². The van der Waals surface area contributed by atoms with Crippen molar-refractivity contribution in [2.24, 2.45) is 4.99 Å². The Hall–Kier alpha value is -2.45. The Morgan fingerprint density at radius 3 is 2.33 bits per heavy atom. The summed E-state index contributed by atoms with van der Waals surface area (Å²) in [5, 5.41) is 0. The minimum atomic E-state index is -0.269. The maximum absolute atomic E-state index is 12.7. The van der Waals surface area contributed by atoms with Crippen molar-refractivity contribution in [3.8, 4) is 5.75 Å². The number of rotatable bonds is 4. The van der Waals surface area contributed by atoms with Crippen molar-refractivity contribution < 1.29 is 13.9 Å². The first kappa shape index (κ1) is 12.0. The van der Waals surface area contributed by atoms with Gasteiger partial charge in [-0.3, -0.25) is 0 Å². The number of hydrogen-bond acceptors (Lipinski definition) is 3. The molecule has 90 valence electrons. The van der Waals surface area contributed by atoms with Gasteiger partial charge in [0.05, 0.1) is 5.69 Å². The number of halogens is 1. The van der Waals surface area contributed by atoms with Gasteiger partial charge in [-0.1, -0.05) is 12.1 Å². The van der Waals surface area contributed by atoms with Crippen molar-refractivity contribution in [2.45, 2.75) is 6.61 Å². The minimum absolute atomic E-state index is 0.269. The van der Waals surface area contributed by atoms with E-state index in [0.717, 1.165) is 5.56 Å². The van der Waals surface area contributed by atoms with Gasteiger partial charge in [-0.05, 0) is 42.0 Å². The Labute approximate surface area is 104 Å². The molecular formula is C14H10FNO2. The third kappa shape index (κ3) is 3.27. The highest BCUT2D eigenvalue weighted by Crippen LogP contribution is 2.18. The first-order chi connectivity index (χ1) is 8.78. The zero-order valence-electron chi connectivity index (χ0n) is 9.47. The molecule has 0 saturated carbocycles. The number of isocyanates is 1. The summed E-state index contributed by atoms with van der Waals surface area (Å²) in [7, 11) is 0. The molecule has 0 aliphatic carbocycles. The Kier molecular flexibility index (Phi) is 3.84. The quantitative estimate of drug-likeness (QED) is 0.610. The second-order valence-corrected chi connectivity index (χ2v) is 3.61. The summed E-state index contributed by atoms with van der Waals surface area (Å²) in [5.74, 6) is 0.388. The topological polar surface area (TPSA) is 38.7 Å². The molecule has 0 aliphatic heterocycles.